The topological polar surface area (TPSA) is 36.1 Å². The summed E-state index contributed by atoms with van der Waals surface area (Å²) in [4.78, 5) is 18.4. The Morgan fingerprint density at radius 2 is 1.70 bits per heavy atom. The van der Waals surface area contributed by atoms with Gasteiger partial charge in [0.05, 0.1) is 0 Å². The van der Waals surface area contributed by atoms with Crippen molar-refractivity contribution in [3.8, 4) is 11.1 Å². The zero-order chi connectivity index (χ0) is 20.7. The van der Waals surface area contributed by atoms with Crippen LogP contribution < -0.4 is 0 Å². The van der Waals surface area contributed by atoms with E-state index in [0.717, 1.165) is 35.0 Å². The third kappa shape index (κ3) is 3.49. The predicted molar refractivity (Wildman–Crippen MR) is 124 cm³/mol. The number of amides is 1. The van der Waals surface area contributed by atoms with Gasteiger partial charge < -0.3 is 9.88 Å². The molecule has 0 spiro atoms. The van der Waals surface area contributed by atoms with Crippen LogP contribution in [-0.4, -0.2) is 28.9 Å². The van der Waals surface area contributed by atoms with Crippen LogP contribution in [0.4, 0.5) is 0 Å². The molecule has 0 aliphatic carbocycles. The lowest BCUT2D eigenvalue weighted by Gasteiger charge is -2.20. The Labute approximate surface area is 185 Å². The molecule has 3 aromatic carbocycles. The number of nitrogens with one attached hydrogen (secondary N) is 1. The van der Waals surface area contributed by atoms with E-state index in [9.17, 15) is 4.79 Å². The van der Waals surface area contributed by atoms with Crippen LogP contribution in [0.2, 0.25) is 10.0 Å². The minimum atomic E-state index is 0.0960. The first-order chi connectivity index (χ1) is 14.6. The van der Waals surface area contributed by atoms with Gasteiger partial charge in [0.25, 0.3) is 5.91 Å². The Morgan fingerprint density at radius 3 is 2.50 bits per heavy atom. The number of benzene rings is 3. The molecule has 4 aromatic rings. The zero-order valence-corrected chi connectivity index (χ0v) is 17.8. The summed E-state index contributed by atoms with van der Waals surface area (Å²) in [6, 6.07) is 21.5. The van der Waals surface area contributed by atoms with Crippen molar-refractivity contribution in [2.24, 2.45) is 0 Å². The van der Waals surface area contributed by atoms with Crippen LogP contribution in [-0.2, 0) is 12.8 Å². The predicted octanol–water partition coefficient (Wildman–Crippen LogP) is 6.38. The quantitative estimate of drug-likeness (QED) is 0.390. The first-order valence-electron chi connectivity index (χ1n) is 10.0. The molecule has 2 heterocycles. The van der Waals surface area contributed by atoms with Gasteiger partial charge in [-0.2, -0.15) is 0 Å². The average molecular weight is 435 g/mol. The van der Waals surface area contributed by atoms with Gasteiger partial charge in [0, 0.05) is 57.3 Å². The number of halogens is 2. The summed E-state index contributed by atoms with van der Waals surface area (Å²) in [5, 5.41) is 2.47. The van der Waals surface area contributed by atoms with Gasteiger partial charge in [-0.3, -0.25) is 4.79 Å². The second-order valence-electron chi connectivity index (χ2n) is 7.62. The second kappa shape index (κ2) is 7.82. The summed E-state index contributed by atoms with van der Waals surface area (Å²) < 4.78 is 0. The number of rotatable bonds is 2. The summed E-state index contributed by atoms with van der Waals surface area (Å²) in [6.45, 7) is 1.42. The highest BCUT2D eigenvalue weighted by Gasteiger charge is 2.22. The van der Waals surface area contributed by atoms with Gasteiger partial charge in [-0.15, -0.1) is 0 Å². The molecule has 5 rings (SSSR count). The number of nitrogens with zero attached hydrogens (tertiary/aromatic N) is 1. The van der Waals surface area contributed by atoms with Gasteiger partial charge in [0.1, 0.15) is 0 Å². The van der Waals surface area contributed by atoms with Crippen LogP contribution in [0.3, 0.4) is 0 Å². The molecule has 0 bridgehead atoms. The lowest BCUT2D eigenvalue weighted by Crippen LogP contribution is -2.33. The lowest BCUT2D eigenvalue weighted by atomic mass is 10.0. The number of carbonyl (C=O) groups excluding carboxylic acids is 1. The molecule has 150 valence electrons. The molecule has 30 heavy (non-hydrogen) atoms. The highest BCUT2D eigenvalue weighted by Crippen LogP contribution is 2.34. The molecule has 0 unspecified atom stereocenters. The van der Waals surface area contributed by atoms with Crippen molar-refractivity contribution in [3.05, 3.63) is 93.6 Å². The van der Waals surface area contributed by atoms with Crippen molar-refractivity contribution in [1.82, 2.24) is 9.88 Å². The maximum Gasteiger partial charge on any atom is 0.253 e. The Hall–Kier alpha value is -2.75. The van der Waals surface area contributed by atoms with E-state index in [0.29, 0.717) is 23.1 Å². The maximum absolute atomic E-state index is 12.9. The normalized spacial score (nSPS) is 13.9. The van der Waals surface area contributed by atoms with Gasteiger partial charge in [0.15, 0.2) is 0 Å². The van der Waals surface area contributed by atoms with Gasteiger partial charge >= 0.3 is 0 Å². The molecule has 5 heteroatoms. The number of carbonyl (C=O) groups is 1. The third-order valence-electron chi connectivity index (χ3n) is 5.81. The molecule has 3 nitrogen and oxygen atoms in total. The van der Waals surface area contributed by atoms with E-state index >= 15 is 0 Å². The molecular weight excluding hydrogens is 415 g/mol. The van der Waals surface area contributed by atoms with E-state index in [1.807, 2.05) is 47.4 Å². The fraction of sp³-hybridized carbons (Fsp3) is 0.160. The van der Waals surface area contributed by atoms with Crippen molar-refractivity contribution < 1.29 is 4.79 Å². The number of H-pyrrole nitrogens is 1. The minimum Gasteiger partial charge on any atom is -0.358 e. The number of aromatic amines is 1. The Morgan fingerprint density at radius 1 is 0.900 bits per heavy atom. The van der Waals surface area contributed by atoms with Crippen LogP contribution in [0.5, 0.6) is 0 Å². The van der Waals surface area contributed by atoms with Gasteiger partial charge in [0.2, 0.25) is 0 Å². The van der Waals surface area contributed by atoms with Gasteiger partial charge in [-0.25, -0.2) is 0 Å². The summed E-state index contributed by atoms with van der Waals surface area (Å²) >= 11 is 12.5. The summed E-state index contributed by atoms with van der Waals surface area (Å²) in [5.74, 6) is 0.0960. The van der Waals surface area contributed by atoms with Gasteiger partial charge in [-0.05, 0) is 53.9 Å². The maximum atomic E-state index is 12.9. The molecule has 1 aliphatic heterocycles. The molecule has 1 amide bonds. The molecule has 0 saturated heterocycles. The SMILES string of the molecule is O=C(c1ccccc1)N1CCc2[nH]c3ccc(-c4ccc(Cl)cc4Cl)cc3c2CC1. The molecule has 1 aliphatic rings. The van der Waals surface area contributed by atoms with Crippen LogP contribution in [0.15, 0.2) is 66.7 Å². The van der Waals surface area contributed by atoms with Crippen LogP contribution >= 0.6 is 23.2 Å². The lowest BCUT2D eigenvalue weighted by molar-refractivity contribution is 0.0763. The largest absolute Gasteiger partial charge is 0.358 e. The van der Waals surface area contributed by atoms with Crippen LogP contribution in [0.1, 0.15) is 21.6 Å². The highest BCUT2D eigenvalue weighted by atomic mass is 35.5. The molecule has 0 radical (unpaired) electrons. The smallest absolute Gasteiger partial charge is 0.253 e. The first-order valence-corrected chi connectivity index (χ1v) is 10.8. The molecule has 0 saturated carbocycles. The van der Waals surface area contributed by atoms with Crippen LogP contribution in [0, 0.1) is 0 Å². The van der Waals surface area contributed by atoms with E-state index in [1.165, 1.54) is 16.6 Å². The van der Waals surface area contributed by atoms with E-state index < -0.39 is 0 Å². The molecule has 1 N–H and O–H groups in total. The first kappa shape index (κ1) is 19.2. The Kier molecular flexibility index (Phi) is 5.01. The van der Waals surface area contributed by atoms with Crippen molar-refractivity contribution in [2.45, 2.75) is 12.8 Å². The van der Waals surface area contributed by atoms with Crippen molar-refractivity contribution >= 4 is 40.0 Å². The van der Waals surface area contributed by atoms with Crippen molar-refractivity contribution in [3.63, 3.8) is 0 Å². The van der Waals surface area contributed by atoms with Crippen molar-refractivity contribution in [2.75, 3.05) is 13.1 Å². The standard InChI is InChI=1S/C25H20Cl2N2O/c26-18-7-8-19(22(27)15-18)17-6-9-23-21(14-17)20-10-12-29(13-11-24(20)28-23)25(30)16-4-2-1-3-5-16/h1-9,14-15,28H,10-13H2. The molecule has 0 fully saturated rings. The van der Waals surface area contributed by atoms with E-state index in [1.54, 1.807) is 6.07 Å². The number of hydrogen-bond donors (Lipinski definition) is 1. The fourth-order valence-electron chi connectivity index (χ4n) is 4.27. The summed E-state index contributed by atoms with van der Waals surface area (Å²) in [6.07, 6.45) is 1.64. The average Bonchev–Trinajstić information content (AvgIpc) is 2.97. The van der Waals surface area contributed by atoms with Crippen LogP contribution in [0.25, 0.3) is 22.0 Å². The highest BCUT2D eigenvalue weighted by molar-refractivity contribution is 6.36. The Balaban J connectivity index is 1.47. The Bertz CT molecular complexity index is 1250. The molecular formula is C25H20Cl2N2O. The zero-order valence-electron chi connectivity index (χ0n) is 16.3. The fourth-order valence-corrected chi connectivity index (χ4v) is 4.78. The number of aromatic nitrogens is 1. The molecule has 0 atom stereocenters. The van der Waals surface area contributed by atoms with Crippen molar-refractivity contribution in [1.29, 1.82) is 0 Å². The summed E-state index contributed by atoms with van der Waals surface area (Å²) in [7, 11) is 0. The van der Waals surface area contributed by atoms with E-state index in [4.69, 9.17) is 23.2 Å². The minimum absolute atomic E-state index is 0.0960. The summed E-state index contributed by atoms with van der Waals surface area (Å²) in [5.41, 5.74) is 6.40. The second-order valence-corrected chi connectivity index (χ2v) is 8.47. The molecule has 1 aromatic heterocycles. The third-order valence-corrected chi connectivity index (χ3v) is 6.36. The van der Waals surface area contributed by atoms with E-state index in [-0.39, 0.29) is 5.91 Å². The van der Waals surface area contributed by atoms with Gasteiger partial charge in [-0.1, -0.05) is 53.5 Å². The number of hydrogen-bond acceptors (Lipinski definition) is 1. The van der Waals surface area contributed by atoms with E-state index in [2.05, 4.69) is 23.2 Å². The monoisotopic (exact) mass is 434 g/mol. The number of fused-ring (bicyclic) bond motifs is 3.